The van der Waals surface area contributed by atoms with Crippen LogP contribution in [0.3, 0.4) is 0 Å². The first-order valence-corrected chi connectivity index (χ1v) is 10.1. The molecule has 0 N–H and O–H groups in total. The molecule has 2 aromatic rings. The molecule has 2 aromatic carbocycles. The molecule has 0 amide bonds. The summed E-state index contributed by atoms with van der Waals surface area (Å²) in [5.74, 6) is 0.0694. The maximum atomic E-state index is 12.5. The molecule has 10 heteroatoms. The third-order valence-electron chi connectivity index (χ3n) is 3.63. The van der Waals surface area contributed by atoms with Gasteiger partial charge in [-0.05, 0) is 18.2 Å². The van der Waals surface area contributed by atoms with Gasteiger partial charge in [-0.2, -0.15) is 0 Å². The number of ether oxygens (including phenoxy) is 3. The fourth-order valence-corrected chi connectivity index (χ4v) is 2.91. The number of benzene rings is 2. The van der Waals surface area contributed by atoms with Gasteiger partial charge in [0.1, 0.15) is 16.8 Å². The standard InChI is InChI=1S/C20H16Cl4F2O4/c21-15-10-14(28-9-6-17(23)24)11-16(22)18(15)29-7-1-8-30-20(27)13-4-2-12(3-5-13)19(25)26/h2-6,10-11,19H,1,7-9H2. The Kier molecular flexibility index (Phi) is 9.98. The Hall–Kier alpha value is -1.73. The Morgan fingerprint density at radius 3 is 2.20 bits per heavy atom. The number of carbonyl (C=O) groups is 1. The summed E-state index contributed by atoms with van der Waals surface area (Å²) < 4.78 is 41.2. The van der Waals surface area contributed by atoms with Crippen molar-refractivity contribution in [3.63, 3.8) is 0 Å². The van der Waals surface area contributed by atoms with Crippen LogP contribution in [0.5, 0.6) is 11.5 Å². The second-order valence-corrected chi connectivity index (χ2v) is 7.60. The van der Waals surface area contributed by atoms with Crippen LogP contribution in [0.25, 0.3) is 0 Å². The topological polar surface area (TPSA) is 44.8 Å². The molecule has 0 aliphatic carbocycles. The number of carbonyl (C=O) groups excluding carboxylic acids is 1. The highest BCUT2D eigenvalue weighted by Gasteiger charge is 2.12. The second kappa shape index (κ2) is 12.2. The normalized spacial score (nSPS) is 10.6. The van der Waals surface area contributed by atoms with Crippen molar-refractivity contribution in [3.05, 3.63) is 68.1 Å². The van der Waals surface area contributed by atoms with Gasteiger partial charge in [-0.3, -0.25) is 0 Å². The first kappa shape index (κ1) is 24.5. The van der Waals surface area contributed by atoms with Gasteiger partial charge in [0.2, 0.25) is 0 Å². The number of rotatable bonds is 10. The van der Waals surface area contributed by atoms with Crippen molar-refractivity contribution in [1.29, 1.82) is 0 Å². The van der Waals surface area contributed by atoms with Crippen LogP contribution in [-0.2, 0) is 4.74 Å². The van der Waals surface area contributed by atoms with E-state index in [0.29, 0.717) is 12.2 Å². The van der Waals surface area contributed by atoms with E-state index in [1.807, 2.05) is 0 Å². The first-order valence-electron chi connectivity index (χ1n) is 8.59. The Morgan fingerprint density at radius 2 is 1.63 bits per heavy atom. The summed E-state index contributed by atoms with van der Waals surface area (Å²) in [6, 6.07) is 8.01. The zero-order valence-corrected chi connectivity index (χ0v) is 18.4. The van der Waals surface area contributed by atoms with Crippen molar-refractivity contribution in [2.45, 2.75) is 12.8 Å². The van der Waals surface area contributed by atoms with Gasteiger partial charge in [-0.15, -0.1) is 0 Å². The van der Waals surface area contributed by atoms with Crippen LogP contribution in [-0.4, -0.2) is 25.8 Å². The van der Waals surface area contributed by atoms with E-state index in [0.717, 1.165) is 0 Å². The van der Waals surface area contributed by atoms with Gasteiger partial charge in [-0.1, -0.05) is 58.5 Å². The third-order valence-corrected chi connectivity index (χ3v) is 4.50. The van der Waals surface area contributed by atoms with E-state index >= 15 is 0 Å². The highest BCUT2D eigenvalue weighted by atomic mass is 35.5. The second-order valence-electron chi connectivity index (χ2n) is 5.78. The van der Waals surface area contributed by atoms with Crippen molar-refractivity contribution >= 4 is 52.4 Å². The van der Waals surface area contributed by atoms with E-state index in [1.54, 1.807) is 0 Å². The fraction of sp³-hybridized carbons (Fsp3) is 0.250. The van der Waals surface area contributed by atoms with Gasteiger partial charge in [0.15, 0.2) is 5.75 Å². The van der Waals surface area contributed by atoms with Crippen molar-refractivity contribution in [2.75, 3.05) is 19.8 Å². The van der Waals surface area contributed by atoms with Gasteiger partial charge in [-0.25, -0.2) is 13.6 Å². The molecule has 162 valence electrons. The maximum absolute atomic E-state index is 12.5. The highest BCUT2D eigenvalue weighted by Crippen LogP contribution is 2.37. The summed E-state index contributed by atoms with van der Waals surface area (Å²) in [5, 5.41) is 0.490. The van der Waals surface area contributed by atoms with Crippen LogP contribution in [0, 0.1) is 0 Å². The molecule has 0 unspecified atom stereocenters. The predicted octanol–water partition coefficient (Wildman–Crippen LogP) is 7.25. The van der Waals surface area contributed by atoms with Gasteiger partial charge in [0, 0.05) is 24.1 Å². The SMILES string of the molecule is O=C(OCCCOc1c(Cl)cc(OCC=C(Cl)Cl)cc1Cl)c1ccc(C(F)F)cc1. The molecule has 2 rings (SSSR count). The molecule has 0 aromatic heterocycles. The van der Waals surface area contributed by atoms with E-state index in [2.05, 4.69) is 0 Å². The van der Waals surface area contributed by atoms with Crippen molar-refractivity contribution < 1.29 is 27.8 Å². The molecular formula is C20H16Cl4F2O4. The van der Waals surface area contributed by atoms with Crippen LogP contribution in [0.2, 0.25) is 10.0 Å². The molecule has 0 atom stereocenters. The molecule has 30 heavy (non-hydrogen) atoms. The summed E-state index contributed by atoms with van der Waals surface area (Å²) in [7, 11) is 0. The lowest BCUT2D eigenvalue weighted by Crippen LogP contribution is -2.09. The summed E-state index contributed by atoms with van der Waals surface area (Å²) >= 11 is 23.3. The molecule has 0 aliphatic heterocycles. The van der Waals surface area contributed by atoms with Crippen LogP contribution < -0.4 is 9.47 Å². The molecule has 4 nitrogen and oxygen atoms in total. The lowest BCUT2D eigenvalue weighted by Gasteiger charge is -2.12. The van der Waals surface area contributed by atoms with Gasteiger partial charge >= 0.3 is 5.97 Å². The van der Waals surface area contributed by atoms with E-state index in [-0.39, 0.29) is 51.2 Å². The fourth-order valence-electron chi connectivity index (χ4n) is 2.20. The Bertz CT molecular complexity index is 862. The Morgan fingerprint density at radius 1 is 1.00 bits per heavy atom. The van der Waals surface area contributed by atoms with Gasteiger partial charge in [0.05, 0.1) is 28.8 Å². The molecular weight excluding hydrogens is 484 g/mol. The van der Waals surface area contributed by atoms with E-state index < -0.39 is 12.4 Å². The lowest BCUT2D eigenvalue weighted by molar-refractivity contribution is 0.0485. The minimum absolute atomic E-state index is 0.0669. The predicted molar refractivity (Wildman–Crippen MR) is 114 cm³/mol. The number of halogens is 6. The van der Waals surface area contributed by atoms with Gasteiger partial charge in [0.25, 0.3) is 6.43 Å². The molecule has 0 spiro atoms. The number of esters is 1. The third kappa shape index (κ3) is 7.84. The van der Waals surface area contributed by atoms with Crippen LogP contribution >= 0.6 is 46.4 Å². The largest absolute Gasteiger partial charge is 0.490 e. The summed E-state index contributed by atoms with van der Waals surface area (Å²) in [4.78, 5) is 11.9. The molecule has 0 radical (unpaired) electrons. The first-order chi connectivity index (χ1) is 14.3. The van der Waals surface area contributed by atoms with E-state index in [9.17, 15) is 13.6 Å². The molecule has 0 fully saturated rings. The van der Waals surface area contributed by atoms with E-state index in [1.165, 1.54) is 42.5 Å². The van der Waals surface area contributed by atoms with Crippen LogP contribution in [0.15, 0.2) is 47.0 Å². The molecule has 0 saturated heterocycles. The average Bonchev–Trinajstić information content (AvgIpc) is 2.69. The molecule has 0 saturated carbocycles. The van der Waals surface area contributed by atoms with Crippen molar-refractivity contribution in [1.82, 2.24) is 0 Å². The Balaban J connectivity index is 1.78. The van der Waals surface area contributed by atoms with Crippen LogP contribution in [0.4, 0.5) is 8.78 Å². The summed E-state index contributed by atoms with van der Waals surface area (Å²) in [6.07, 6.45) is -0.762. The number of hydrogen-bond donors (Lipinski definition) is 0. The number of hydrogen-bond acceptors (Lipinski definition) is 4. The maximum Gasteiger partial charge on any atom is 0.338 e. The zero-order chi connectivity index (χ0) is 22.1. The Labute approximate surface area is 192 Å². The average molecular weight is 500 g/mol. The molecule has 0 heterocycles. The molecule has 0 aliphatic rings. The van der Waals surface area contributed by atoms with E-state index in [4.69, 9.17) is 60.6 Å². The quantitative estimate of drug-likeness (QED) is 0.255. The van der Waals surface area contributed by atoms with Crippen molar-refractivity contribution in [2.24, 2.45) is 0 Å². The minimum atomic E-state index is -2.59. The minimum Gasteiger partial charge on any atom is -0.490 e. The van der Waals surface area contributed by atoms with Crippen molar-refractivity contribution in [3.8, 4) is 11.5 Å². The highest BCUT2D eigenvalue weighted by molar-refractivity contribution is 6.55. The molecule has 0 bridgehead atoms. The van der Waals surface area contributed by atoms with Crippen LogP contribution in [0.1, 0.15) is 28.8 Å². The summed E-state index contributed by atoms with van der Waals surface area (Å²) in [6.45, 7) is 0.394. The monoisotopic (exact) mass is 498 g/mol. The smallest absolute Gasteiger partial charge is 0.338 e. The number of alkyl halides is 2. The summed E-state index contributed by atoms with van der Waals surface area (Å²) in [5.41, 5.74) is 0.0248. The van der Waals surface area contributed by atoms with Gasteiger partial charge < -0.3 is 14.2 Å². The zero-order valence-electron chi connectivity index (χ0n) is 15.3. The lowest BCUT2D eigenvalue weighted by atomic mass is 10.1.